The predicted molar refractivity (Wildman–Crippen MR) is 98.9 cm³/mol. The van der Waals surface area contributed by atoms with Gasteiger partial charge >= 0.3 is 5.97 Å². The molecule has 0 bridgehead atoms. The Balaban J connectivity index is 2.11. The predicted octanol–water partition coefficient (Wildman–Crippen LogP) is 4.85. The van der Waals surface area contributed by atoms with Crippen molar-refractivity contribution in [2.45, 2.75) is 13.3 Å². The number of carbonyl (C=O) groups excluding carboxylic acids is 2. The van der Waals surface area contributed by atoms with Crippen molar-refractivity contribution >= 4 is 23.4 Å². The van der Waals surface area contributed by atoms with Crippen molar-refractivity contribution in [2.75, 3.05) is 7.11 Å². The zero-order valence-electron chi connectivity index (χ0n) is 14.4. The second kappa shape index (κ2) is 7.58. The number of furan rings is 1. The summed E-state index contributed by atoms with van der Waals surface area (Å²) >= 11 is 5.91. The normalized spacial score (nSPS) is 10.6. The topological polar surface area (TPSA) is 56.5 Å². The number of hydrogen-bond acceptors (Lipinski definition) is 4. The van der Waals surface area contributed by atoms with E-state index in [1.807, 2.05) is 30.3 Å². The smallest absolute Gasteiger partial charge is 0.342 e. The van der Waals surface area contributed by atoms with Crippen molar-refractivity contribution in [3.8, 4) is 0 Å². The first-order valence-electron chi connectivity index (χ1n) is 8.06. The quantitative estimate of drug-likeness (QED) is 0.477. The van der Waals surface area contributed by atoms with Gasteiger partial charge in [0.2, 0.25) is 0 Å². The maximum Gasteiger partial charge on any atom is 0.342 e. The van der Waals surface area contributed by atoms with Crippen LogP contribution in [-0.4, -0.2) is 18.9 Å². The fourth-order valence-corrected chi connectivity index (χ4v) is 2.97. The van der Waals surface area contributed by atoms with Crippen LogP contribution in [0, 0.1) is 6.92 Å². The lowest BCUT2D eigenvalue weighted by molar-refractivity contribution is 0.0596. The average molecular weight is 369 g/mol. The van der Waals surface area contributed by atoms with Crippen molar-refractivity contribution in [3.63, 3.8) is 0 Å². The molecular weight excluding hydrogens is 352 g/mol. The van der Waals surface area contributed by atoms with E-state index in [1.165, 1.54) is 7.11 Å². The maximum absolute atomic E-state index is 13.1. The van der Waals surface area contributed by atoms with Crippen molar-refractivity contribution in [3.05, 3.63) is 93.4 Å². The summed E-state index contributed by atoms with van der Waals surface area (Å²) < 4.78 is 10.6. The molecule has 0 N–H and O–H groups in total. The highest BCUT2D eigenvalue weighted by Crippen LogP contribution is 2.28. The Labute approximate surface area is 156 Å². The third-order valence-corrected chi connectivity index (χ3v) is 4.34. The molecule has 0 unspecified atom stereocenters. The first kappa shape index (κ1) is 18.0. The van der Waals surface area contributed by atoms with Gasteiger partial charge in [-0.25, -0.2) is 4.79 Å². The summed E-state index contributed by atoms with van der Waals surface area (Å²) in [7, 11) is 1.28. The van der Waals surface area contributed by atoms with Gasteiger partial charge in [0.05, 0.1) is 12.7 Å². The van der Waals surface area contributed by atoms with E-state index in [2.05, 4.69) is 0 Å². The van der Waals surface area contributed by atoms with E-state index in [9.17, 15) is 9.59 Å². The molecular formula is C21H17ClO4. The second-order valence-corrected chi connectivity index (χ2v) is 6.26. The van der Waals surface area contributed by atoms with Crippen LogP contribution in [0.1, 0.15) is 43.4 Å². The highest BCUT2D eigenvalue weighted by Gasteiger charge is 2.29. The monoisotopic (exact) mass is 368 g/mol. The summed E-state index contributed by atoms with van der Waals surface area (Å²) in [6, 6.07) is 16.1. The molecule has 3 rings (SSSR count). The Morgan fingerprint density at radius 2 is 1.65 bits per heavy atom. The number of ether oxygens (including phenoxy) is 1. The molecule has 3 aromatic rings. The summed E-state index contributed by atoms with van der Waals surface area (Å²) in [6.45, 7) is 1.65. The fourth-order valence-electron chi connectivity index (χ4n) is 2.84. The van der Waals surface area contributed by atoms with Crippen molar-refractivity contribution in [1.82, 2.24) is 0 Å². The molecule has 0 atom stereocenters. The van der Waals surface area contributed by atoms with Gasteiger partial charge in [-0.2, -0.15) is 0 Å². The molecule has 0 amide bonds. The van der Waals surface area contributed by atoms with Gasteiger partial charge in [-0.05, 0) is 36.8 Å². The number of esters is 1. The van der Waals surface area contributed by atoms with Gasteiger partial charge in [-0.1, -0.05) is 41.9 Å². The van der Waals surface area contributed by atoms with Crippen LogP contribution in [0.5, 0.6) is 0 Å². The lowest BCUT2D eigenvalue weighted by Gasteiger charge is -2.06. The molecule has 1 aromatic heterocycles. The van der Waals surface area contributed by atoms with Gasteiger partial charge in [0.15, 0.2) is 5.78 Å². The molecule has 0 radical (unpaired) electrons. The van der Waals surface area contributed by atoms with E-state index < -0.39 is 5.97 Å². The minimum atomic E-state index is -0.595. The van der Waals surface area contributed by atoms with Crippen molar-refractivity contribution in [1.29, 1.82) is 0 Å². The number of halogens is 1. The van der Waals surface area contributed by atoms with Crippen LogP contribution in [0.15, 0.2) is 59.0 Å². The van der Waals surface area contributed by atoms with Crippen molar-refractivity contribution in [2.24, 2.45) is 0 Å². The van der Waals surface area contributed by atoms with Crippen LogP contribution in [-0.2, 0) is 11.2 Å². The molecule has 0 saturated heterocycles. The first-order chi connectivity index (χ1) is 12.5. The van der Waals surface area contributed by atoms with Crippen LogP contribution in [0.25, 0.3) is 0 Å². The van der Waals surface area contributed by atoms with Gasteiger partial charge in [0.1, 0.15) is 17.1 Å². The van der Waals surface area contributed by atoms with Crippen LogP contribution in [0.3, 0.4) is 0 Å². The second-order valence-electron chi connectivity index (χ2n) is 5.82. The summed E-state index contributed by atoms with van der Waals surface area (Å²) in [4.78, 5) is 25.4. The molecule has 2 aromatic carbocycles. The van der Waals surface area contributed by atoms with E-state index in [0.717, 1.165) is 5.56 Å². The molecule has 0 aliphatic carbocycles. The van der Waals surface area contributed by atoms with Gasteiger partial charge in [0, 0.05) is 17.0 Å². The largest absolute Gasteiger partial charge is 0.465 e. The number of carbonyl (C=O) groups is 2. The number of aryl methyl sites for hydroxylation is 1. The minimum absolute atomic E-state index is 0.165. The van der Waals surface area contributed by atoms with E-state index >= 15 is 0 Å². The highest BCUT2D eigenvalue weighted by atomic mass is 35.5. The molecule has 4 nitrogen and oxygen atoms in total. The van der Waals surface area contributed by atoms with Crippen LogP contribution < -0.4 is 0 Å². The lowest BCUT2D eigenvalue weighted by atomic mass is 9.96. The summed E-state index contributed by atoms with van der Waals surface area (Å²) in [5, 5.41) is 0.530. The Kier molecular flexibility index (Phi) is 5.24. The Morgan fingerprint density at radius 1 is 1.00 bits per heavy atom. The van der Waals surface area contributed by atoms with Crippen LogP contribution in [0.4, 0.5) is 0 Å². The zero-order chi connectivity index (χ0) is 18.7. The number of methoxy groups -OCH3 is 1. The highest BCUT2D eigenvalue weighted by molar-refractivity contribution is 6.30. The summed E-state index contributed by atoms with van der Waals surface area (Å²) in [6.07, 6.45) is 0.396. The molecule has 0 aliphatic rings. The maximum atomic E-state index is 13.1. The van der Waals surface area contributed by atoms with Crippen LogP contribution >= 0.6 is 11.6 Å². The third-order valence-electron chi connectivity index (χ3n) is 4.09. The third kappa shape index (κ3) is 3.55. The standard InChI is InChI=1S/C21H17ClO4/c1-13-18(21(24)25-2)19(20(23)15-8-10-16(22)11-9-15)17(26-13)12-14-6-4-3-5-7-14/h3-11H,12H2,1-2H3. The van der Waals surface area contributed by atoms with Crippen molar-refractivity contribution < 1.29 is 18.7 Å². The minimum Gasteiger partial charge on any atom is -0.465 e. The summed E-state index contributed by atoms with van der Waals surface area (Å²) in [5.74, 6) is -0.0955. The fraction of sp³-hybridized carbons (Fsp3) is 0.143. The van der Waals surface area contributed by atoms with Gasteiger partial charge in [-0.3, -0.25) is 4.79 Å². The van der Waals surface area contributed by atoms with Crippen LogP contribution in [0.2, 0.25) is 5.02 Å². The van der Waals surface area contributed by atoms with Gasteiger partial charge in [0.25, 0.3) is 0 Å². The Bertz CT molecular complexity index is 940. The van der Waals surface area contributed by atoms with E-state index in [1.54, 1.807) is 31.2 Å². The molecule has 26 heavy (non-hydrogen) atoms. The molecule has 0 spiro atoms. The molecule has 132 valence electrons. The number of hydrogen-bond donors (Lipinski definition) is 0. The molecule has 0 aliphatic heterocycles. The summed E-state index contributed by atoms with van der Waals surface area (Å²) in [5.41, 5.74) is 1.80. The molecule has 5 heteroatoms. The first-order valence-corrected chi connectivity index (χ1v) is 8.43. The van der Waals surface area contributed by atoms with E-state index in [0.29, 0.717) is 28.5 Å². The van der Waals surface area contributed by atoms with Gasteiger partial charge in [-0.15, -0.1) is 0 Å². The molecule has 0 fully saturated rings. The number of rotatable bonds is 5. The Hall–Kier alpha value is -2.85. The molecule has 1 heterocycles. The van der Waals surface area contributed by atoms with Gasteiger partial charge < -0.3 is 9.15 Å². The van der Waals surface area contributed by atoms with E-state index in [4.69, 9.17) is 20.8 Å². The lowest BCUT2D eigenvalue weighted by Crippen LogP contribution is -2.12. The molecule has 0 saturated carbocycles. The number of ketones is 1. The SMILES string of the molecule is COC(=O)c1c(C)oc(Cc2ccccc2)c1C(=O)c1ccc(Cl)cc1. The van der Waals surface area contributed by atoms with E-state index in [-0.39, 0.29) is 16.9 Å². The zero-order valence-corrected chi connectivity index (χ0v) is 15.2. The average Bonchev–Trinajstić information content (AvgIpc) is 2.97. The Morgan fingerprint density at radius 3 is 2.27 bits per heavy atom. The number of benzene rings is 2.